The molecule has 0 saturated heterocycles. The molecule has 2 atom stereocenters. The van der Waals surface area contributed by atoms with E-state index in [1.807, 2.05) is 21.1 Å². The maximum absolute atomic E-state index is 12.8. The Labute approximate surface area is 462 Å². The van der Waals surface area contributed by atoms with Crippen molar-refractivity contribution >= 4 is 17.9 Å². The van der Waals surface area contributed by atoms with E-state index in [1.54, 1.807) is 0 Å². The molecule has 0 aromatic rings. The maximum atomic E-state index is 12.8. The zero-order chi connectivity index (χ0) is 54.8. The van der Waals surface area contributed by atoms with Crippen LogP contribution in [-0.4, -0.2) is 87.4 Å². The first-order valence-electron chi connectivity index (χ1n) is 31.1. The van der Waals surface area contributed by atoms with E-state index in [4.69, 9.17) is 18.9 Å². The predicted molar refractivity (Wildman–Crippen MR) is 318 cm³/mol. The van der Waals surface area contributed by atoms with Gasteiger partial charge in [-0.2, -0.15) is 0 Å². The Morgan fingerprint density at radius 3 is 1.16 bits per heavy atom. The zero-order valence-electron chi connectivity index (χ0n) is 49.4. The lowest BCUT2D eigenvalue weighted by atomic mass is 10.0. The highest BCUT2D eigenvalue weighted by molar-refractivity contribution is 5.71. The van der Waals surface area contributed by atoms with Crippen LogP contribution in [0.5, 0.6) is 0 Å². The minimum Gasteiger partial charge on any atom is -0.477 e. The fraction of sp³-hybridized carbons (Fsp3) is 0.773. The second kappa shape index (κ2) is 56.9. The monoisotopic (exact) mass is 1050 g/mol. The van der Waals surface area contributed by atoms with Gasteiger partial charge in [0.25, 0.3) is 6.29 Å². The topological polar surface area (TPSA) is 108 Å². The van der Waals surface area contributed by atoms with Crippen molar-refractivity contribution in [2.24, 2.45) is 0 Å². The average Bonchev–Trinajstić information content (AvgIpc) is 3.38. The third-order valence-corrected chi connectivity index (χ3v) is 13.4. The van der Waals surface area contributed by atoms with Crippen LogP contribution in [0.3, 0.4) is 0 Å². The lowest BCUT2D eigenvalue weighted by Crippen LogP contribution is -2.40. The number of carbonyl (C=O) groups is 3. The van der Waals surface area contributed by atoms with Crippen LogP contribution in [0.25, 0.3) is 0 Å². The number of hydrogen-bond donors (Lipinski definition) is 1. The van der Waals surface area contributed by atoms with E-state index >= 15 is 0 Å². The van der Waals surface area contributed by atoms with Gasteiger partial charge in [-0.05, 0) is 83.5 Å². The number of ether oxygens (including phenoxy) is 4. The Kier molecular flexibility index (Phi) is 54.4. The standard InChI is InChI=1S/C66H117NO8/c1-6-8-10-12-14-16-18-20-22-23-24-25-26-27-28-29-30-31-32-33-34-35-36-37-38-39-40-41-43-44-46-48-50-52-54-56-63(68)73-60-62(61-74-66(65(70)71)72-59-58-67(3,4)5)75-64(69)57-55-53-51-49-47-45-42-21-19-17-15-13-11-9-7-2/h9,11,15,17-18,20-21,23-24,42,47,49,62,66H,6-8,10,12-14,16,19,22,25-41,43-46,48,50-61H2,1-5H3/p+1/b11-9-,17-15-,20-18-,24-23-,42-21-,49-47-. The molecule has 1 N–H and O–H groups in total. The fourth-order valence-corrected chi connectivity index (χ4v) is 8.68. The molecule has 0 amide bonds. The Balaban J connectivity index is 4.04. The first-order chi connectivity index (χ1) is 36.6. The molecular weight excluding hydrogens is 935 g/mol. The lowest BCUT2D eigenvalue weighted by molar-refractivity contribution is -0.870. The van der Waals surface area contributed by atoms with Gasteiger partial charge < -0.3 is 28.5 Å². The number of carbonyl (C=O) groups excluding carboxylic acids is 2. The van der Waals surface area contributed by atoms with Crippen molar-refractivity contribution in [2.45, 2.75) is 283 Å². The van der Waals surface area contributed by atoms with Gasteiger partial charge in [0.15, 0.2) is 6.10 Å². The van der Waals surface area contributed by atoms with Crippen molar-refractivity contribution in [2.75, 3.05) is 47.5 Å². The summed E-state index contributed by atoms with van der Waals surface area (Å²) in [6, 6.07) is 0. The number of nitrogens with zero attached hydrogens (tertiary/aromatic N) is 1. The van der Waals surface area contributed by atoms with Crippen LogP contribution < -0.4 is 0 Å². The number of hydrogen-bond acceptors (Lipinski definition) is 7. The molecule has 2 unspecified atom stereocenters. The van der Waals surface area contributed by atoms with Crippen molar-refractivity contribution in [3.05, 3.63) is 72.9 Å². The van der Waals surface area contributed by atoms with Gasteiger partial charge in [0.2, 0.25) is 0 Å². The Hall–Kier alpha value is -3.27. The minimum atomic E-state index is -1.52. The lowest BCUT2D eigenvalue weighted by Gasteiger charge is -2.25. The summed E-state index contributed by atoms with van der Waals surface area (Å²) >= 11 is 0. The highest BCUT2D eigenvalue weighted by atomic mass is 16.7. The summed E-state index contributed by atoms with van der Waals surface area (Å²) < 4.78 is 22.8. The molecule has 0 aromatic carbocycles. The summed E-state index contributed by atoms with van der Waals surface area (Å²) in [5.74, 6) is -2.06. The van der Waals surface area contributed by atoms with Crippen LogP contribution in [0.2, 0.25) is 0 Å². The van der Waals surface area contributed by atoms with Crippen molar-refractivity contribution in [3.63, 3.8) is 0 Å². The summed E-state index contributed by atoms with van der Waals surface area (Å²) in [7, 11) is 5.95. The zero-order valence-corrected chi connectivity index (χ0v) is 49.4. The number of carboxylic acids is 1. The SMILES string of the molecule is CC/C=C\C/C=C\C/C=C\C/C=C\CCCCC(=O)OC(COC(=O)CCCCCCCCCCCCCCCCCCCCCCCCC/C=C\C/C=C\CCCCCCC)COC(OCC[N+](C)(C)C)C(=O)O. The van der Waals surface area contributed by atoms with Crippen molar-refractivity contribution < 1.29 is 42.9 Å². The first-order valence-corrected chi connectivity index (χ1v) is 31.1. The molecule has 0 saturated carbocycles. The first kappa shape index (κ1) is 71.7. The third kappa shape index (κ3) is 58.3. The van der Waals surface area contributed by atoms with Crippen molar-refractivity contribution in [1.29, 1.82) is 0 Å². The quantitative estimate of drug-likeness (QED) is 0.0211. The molecule has 0 aliphatic carbocycles. The van der Waals surface area contributed by atoms with E-state index in [9.17, 15) is 19.5 Å². The molecule has 0 fully saturated rings. The molecule has 0 spiro atoms. The maximum Gasteiger partial charge on any atom is 0.361 e. The highest BCUT2D eigenvalue weighted by Gasteiger charge is 2.25. The number of unbranched alkanes of at least 4 members (excludes halogenated alkanes) is 30. The molecule has 0 bridgehead atoms. The number of carboxylic acid groups (broad SMARTS) is 1. The van der Waals surface area contributed by atoms with Crippen LogP contribution in [-0.2, 0) is 33.3 Å². The van der Waals surface area contributed by atoms with Gasteiger partial charge in [-0.3, -0.25) is 9.59 Å². The minimum absolute atomic E-state index is 0.178. The van der Waals surface area contributed by atoms with E-state index < -0.39 is 24.3 Å². The Morgan fingerprint density at radius 2 is 0.760 bits per heavy atom. The second-order valence-corrected chi connectivity index (χ2v) is 22.0. The van der Waals surface area contributed by atoms with Crippen LogP contribution >= 0.6 is 0 Å². The van der Waals surface area contributed by atoms with Gasteiger partial charge in [-0.1, -0.05) is 247 Å². The highest BCUT2D eigenvalue weighted by Crippen LogP contribution is 2.17. The number of esters is 2. The van der Waals surface area contributed by atoms with E-state index in [1.165, 1.54) is 173 Å². The molecule has 9 heteroatoms. The number of aliphatic carboxylic acids is 1. The summed E-state index contributed by atoms with van der Waals surface area (Å²) in [4.78, 5) is 37.4. The molecular formula is C66H118NO8+. The molecule has 0 aliphatic heterocycles. The average molecular weight is 1050 g/mol. The van der Waals surface area contributed by atoms with Gasteiger partial charge in [0.05, 0.1) is 34.4 Å². The molecule has 0 aliphatic rings. The number of rotatable bonds is 57. The molecule has 0 radical (unpaired) electrons. The number of quaternary nitrogens is 1. The van der Waals surface area contributed by atoms with Gasteiger partial charge in [0.1, 0.15) is 13.2 Å². The summed E-state index contributed by atoms with van der Waals surface area (Å²) in [6.07, 6.45) is 71.7. The molecule has 0 aromatic heterocycles. The van der Waals surface area contributed by atoms with E-state index in [2.05, 4.69) is 86.8 Å². The predicted octanol–water partition coefficient (Wildman–Crippen LogP) is 18.6. The Bertz CT molecular complexity index is 1460. The molecule has 434 valence electrons. The Morgan fingerprint density at radius 1 is 0.413 bits per heavy atom. The van der Waals surface area contributed by atoms with Crippen molar-refractivity contribution in [3.8, 4) is 0 Å². The van der Waals surface area contributed by atoms with Crippen LogP contribution in [0.1, 0.15) is 271 Å². The molecule has 9 nitrogen and oxygen atoms in total. The largest absolute Gasteiger partial charge is 0.477 e. The third-order valence-electron chi connectivity index (χ3n) is 13.4. The van der Waals surface area contributed by atoms with Gasteiger partial charge >= 0.3 is 17.9 Å². The van der Waals surface area contributed by atoms with E-state index in [-0.39, 0.29) is 32.2 Å². The van der Waals surface area contributed by atoms with Crippen LogP contribution in [0.4, 0.5) is 0 Å². The summed E-state index contributed by atoms with van der Waals surface area (Å²) in [6.45, 7) is 4.72. The van der Waals surface area contributed by atoms with Gasteiger partial charge in [-0.15, -0.1) is 0 Å². The van der Waals surface area contributed by atoms with E-state index in [0.29, 0.717) is 23.9 Å². The molecule has 0 rings (SSSR count). The van der Waals surface area contributed by atoms with Crippen LogP contribution in [0.15, 0.2) is 72.9 Å². The van der Waals surface area contributed by atoms with Crippen molar-refractivity contribution in [1.82, 2.24) is 0 Å². The normalized spacial score (nSPS) is 13.2. The summed E-state index contributed by atoms with van der Waals surface area (Å²) in [5.41, 5.74) is 0. The molecule has 75 heavy (non-hydrogen) atoms. The smallest absolute Gasteiger partial charge is 0.361 e. The fourth-order valence-electron chi connectivity index (χ4n) is 8.68. The second-order valence-electron chi connectivity index (χ2n) is 22.0. The number of likely N-dealkylation sites (N-methyl/N-ethyl adjacent to an activating group) is 1. The molecule has 0 heterocycles. The summed E-state index contributed by atoms with van der Waals surface area (Å²) in [5, 5.41) is 9.69. The van der Waals surface area contributed by atoms with Crippen LogP contribution in [0, 0.1) is 0 Å². The van der Waals surface area contributed by atoms with Gasteiger partial charge in [0, 0.05) is 12.8 Å². The van der Waals surface area contributed by atoms with E-state index in [0.717, 1.165) is 64.2 Å². The number of allylic oxidation sites excluding steroid dienone is 12. The van der Waals surface area contributed by atoms with Gasteiger partial charge in [-0.25, -0.2) is 4.79 Å².